The van der Waals surface area contributed by atoms with E-state index < -0.39 is 0 Å². The number of hydrogen-bond acceptors (Lipinski definition) is 3. The zero-order valence-electron chi connectivity index (χ0n) is 6.59. The molecule has 1 aliphatic heterocycles. The summed E-state index contributed by atoms with van der Waals surface area (Å²) in [6, 6.07) is 0.350. The van der Waals surface area contributed by atoms with Crippen molar-refractivity contribution in [3.05, 3.63) is 0 Å². The molecule has 0 aliphatic carbocycles. The fourth-order valence-electron chi connectivity index (χ4n) is 1.39. The van der Waals surface area contributed by atoms with Crippen molar-refractivity contribution < 1.29 is 0 Å². The first kappa shape index (κ1) is 7.98. The van der Waals surface area contributed by atoms with Crippen LogP contribution in [-0.4, -0.2) is 30.2 Å². The van der Waals surface area contributed by atoms with Crippen molar-refractivity contribution in [3.63, 3.8) is 0 Å². The summed E-state index contributed by atoms with van der Waals surface area (Å²) in [6.45, 7) is 4.44. The Bertz CT molecular complexity index is 97.0. The number of rotatable bonds is 2. The van der Waals surface area contributed by atoms with Gasteiger partial charge in [0, 0.05) is 6.04 Å². The lowest BCUT2D eigenvalue weighted by Gasteiger charge is -2.26. The van der Waals surface area contributed by atoms with Crippen LogP contribution in [0.5, 0.6) is 0 Å². The summed E-state index contributed by atoms with van der Waals surface area (Å²) in [6.07, 6.45) is 2.42. The smallest absolute Gasteiger partial charge is 0.0678 e. The zero-order valence-corrected chi connectivity index (χ0v) is 6.59. The second-order valence-electron chi connectivity index (χ2n) is 3.06. The molecule has 10 heavy (non-hydrogen) atoms. The Morgan fingerprint density at radius 1 is 1.20 bits per heavy atom. The maximum atomic E-state index is 5.55. The third kappa shape index (κ3) is 1.68. The highest BCUT2D eigenvalue weighted by Gasteiger charge is 2.20. The standard InChI is InChI=1S/C7H17N3/c1-6(7(8)9)10-4-2-3-5-10/h6-7H,2-5,8-9H2,1H3. The highest BCUT2D eigenvalue weighted by Crippen LogP contribution is 2.11. The van der Waals surface area contributed by atoms with Gasteiger partial charge in [-0.15, -0.1) is 0 Å². The van der Waals surface area contributed by atoms with Gasteiger partial charge in [-0.1, -0.05) is 0 Å². The lowest BCUT2D eigenvalue weighted by Crippen LogP contribution is -2.49. The Kier molecular flexibility index (Phi) is 2.65. The molecule has 1 atom stereocenters. The molecule has 3 nitrogen and oxygen atoms in total. The molecule has 1 rings (SSSR count). The van der Waals surface area contributed by atoms with Crippen LogP contribution in [0.4, 0.5) is 0 Å². The first-order valence-corrected chi connectivity index (χ1v) is 3.97. The van der Waals surface area contributed by atoms with Gasteiger partial charge in [-0.2, -0.15) is 0 Å². The van der Waals surface area contributed by atoms with Crippen LogP contribution in [0.2, 0.25) is 0 Å². The number of hydrogen-bond donors (Lipinski definition) is 2. The van der Waals surface area contributed by atoms with E-state index in [1.165, 1.54) is 25.9 Å². The quantitative estimate of drug-likeness (QED) is 0.522. The molecule has 1 saturated heterocycles. The molecule has 1 aliphatic rings. The minimum Gasteiger partial charge on any atom is -0.315 e. The van der Waals surface area contributed by atoms with E-state index in [0.717, 1.165) is 0 Å². The van der Waals surface area contributed by atoms with Gasteiger partial charge in [0.2, 0.25) is 0 Å². The maximum absolute atomic E-state index is 5.55. The van der Waals surface area contributed by atoms with E-state index in [0.29, 0.717) is 6.04 Å². The fraction of sp³-hybridized carbons (Fsp3) is 1.00. The molecule has 0 saturated carbocycles. The van der Waals surface area contributed by atoms with Gasteiger partial charge in [-0.3, -0.25) is 4.90 Å². The van der Waals surface area contributed by atoms with Crippen LogP contribution < -0.4 is 11.5 Å². The highest BCUT2D eigenvalue weighted by molar-refractivity contribution is 4.77. The molecule has 0 aromatic rings. The summed E-state index contributed by atoms with van der Waals surface area (Å²) in [5.74, 6) is 0. The van der Waals surface area contributed by atoms with Gasteiger partial charge >= 0.3 is 0 Å². The van der Waals surface area contributed by atoms with E-state index in [2.05, 4.69) is 11.8 Å². The van der Waals surface area contributed by atoms with E-state index in [1.54, 1.807) is 0 Å². The minimum absolute atomic E-state index is 0.182. The van der Waals surface area contributed by atoms with Gasteiger partial charge in [0.25, 0.3) is 0 Å². The molecule has 1 heterocycles. The second-order valence-corrected chi connectivity index (χ2v) is 3.06. The predicted octanol–water partition coefficient (Wildman–Crippen LogP) is -0.286. The molecule has 0 bridgehead atoms. The largest absolute Gasteiger partial charge is 0.315 e. The predicted molar refractivity (Wildman–Crippen MR) is 42.4 cm³/mol. The molecule has 1 unspecified atom stereocenters. The van der Waals surface area contributed by atoms with Crippen LogP contribution in [-0.2, 0) is 0 Å². The van der Waals surface area contributed by atoms with Crippen molar-refractivity contribution in [2.24, 2.45) is 11.5 Å². The molecule has 60 valence electrons. The van der Waals surface area contributed by atoms with E-state index >= 15 is 0 Å². The van der Waals surface area contributed by atoms with Gasteiger partial charge in [-0.05, 0) is 32.9 Å². The lowest BCUT2D eigenvalue weighted by molar-refractivity contribution is 0.228. The molecule has 0 radical (unpaired) electrons. The fourth-order valence-corrected chi connectivity index (χ4v) is 1.39. The highest BCUT2D eigenvalue weighted by atomic mass is 15.2. The SMILES string of the molecule is CC(C(N)N)N1CCCC1. The maximum Gasteiger partial charge on any atom is 0.0678 e. The topological polar surface area (TPSA) is 55.3 Å². The molecular weight excluding hydrogens is 126 g/mol. The minimum atomic E-state index is -0.182. The summed E-state index contributed by atoms with van der Waals surface area (Å²) in [5.41, 5.74) is 11.1. The van der Waals surface area contributed by atoms with Crippen LogP contribution in [0.3, 0.4) is 0 Å². The number of nitrogens with two attached hydrogens (primary N) is 2. The third-order valence-electron chi connectivity index (χ3n) is 2.27. The van der Waals surface area contributed by atoms with E-state index in [-0.39, 0.29) is 6.17 Å². The summed E-state index contributed by atoms with van der Waals surface area (Å²) < 4.78 is 0. The molecular formula is C7H17N3. The molecule has 3 heteroatoms. The molecule has 0 aromatic carbocycles. The molecule has 1 fully saturated rings. The third-order valence-corrected chi connectivity index (χ3v) is 2.27. The van der Waals surface area contributed by atoms with E-state index in [9.17, 15) is 0 Å². The van der Waals surface area contributed by atoms with Gasteiger partial charge in [0.15, 0.2) is 0 Å². The lowest BCUT2D eigenvalue weighted by atomic mass is 10.2. The molecule has 0 aromatic heterocycles. The van der Waals surface area contributed by atoms with Crippen molar-refractivity contribution in [2.75, 3.05) is 13.1 Å². The molecule has 4 N–H and O–H groups in total. The first-order chi connectivity index (χ1) is 4.72. The Morgan fingerprint density at radius 2 is 1.70 bits per heavy atom. The number of nitrogens with zero attached hydrogens (tertiary/aromatic N) is 1. The molecule has 0 amide bonds. The second kappa shape index (κ2) is 3.32. The average Bonchev–Trinajstić information content (AvgIpc) is 2.36. The van der Waals surface area contributed by atoms with Crippen LogP contribution in [0.15, 0.2) is 0 Å². The Morgan fingerprint density at radius 3 is 2.10 bits per heavy atom. The van der Waals surface area contributed by atoms with E-state index in [1.807, 2.05) is 0 Å². The summed E-state index contributed by atoms with van der Waals surface area (Å²) in [7, 11) is 0. The van der Waals surface area contributed by atoms with Crippen LogP contribution >= 0.6 is 0 Å². The Hall–Kier alpha value is -0.120. The number of likely N-dealkylation sites (tertiary alicyclic amines) is 1. The Balaban J connectivity index is 2.32. The van der Waals surface area contributed by atoms with E-state index in [4.69, 9.17) is 11.5 Å². The van der Waals surface area contributed by atoms with Crippen molar-refractivity contribution in [3.8, 4) is 0 Å². The van der Waals surface area contributed by atoms with Gasteiger partial charge < -0.3 is 11.5 Å². The monoisotopic (exact) mass is 143 g/mol. The van der Waals surface area contributed by atoms with Gasteiger partial charge in [-0.25, -0.2) is 0 Å². The Labute approximate surface area is 62.4 Å². The van der Waals surface area contributed by atoms with Crippen LogP contribution in [0.25, 0.3) is 0 Å². The first-order valence-electron chi connectivity index (χ1n) is 3.97. The average molecular weight is 143 g/mol. The van der Waals surface area contributed by atoms with Gasteiger partial charge in [0.05, 0.1) is 6.17 Å². The summed E-state index contributed by atoms with van der Waals surface area (Å²) in [5, 5.41) is 0. The van der Waals surface area contributed by atoms with Crippen LogP contribution in [0.1, 0.15) is 19.8 Å². The van der Waals surface area contributed by atoms with Crippen molar-refractivity contribution in [2.45, 2.75) is 32.0 Å². The van der Waals surface area contributed by atoms with Gasteiger partial charge in [0.1, 0.15) is 0 Å². The van der Waals surface area contributed by atoms with Crippen molar-refractivity contribution >= 4 is 0 Å². The van der Waals surface area contributed by atoms with Crippen molar-refractivity contribution in [1.82, 2.24) is 4.90 Å². The molecule has 0 spiro atoms. The summed E-state index contributed by atoms with van der Waals surface area (Å²) in [4.78, 5) is 2.35. The van der Waals surface area contributed by atoms with Crippen LogP contribution in [0, 0.1) is 0 Å². The zero-order chi connectivity index (χ0) is 7.56. The normalized spacial score (nSPS) is 24.0. The van der Waals surface area contributed by atoms with Crippen molar-refractivity contribution in [1.29, 1.82) is 0 Å². The summed E-state index contributed by atoms with van der Waals surface area (Å²) >= 11 is 0.